The van der Waals surface area contributed by atoms with Crippen molar-refractivity contribution in [3.8, 4) is 0 Å². The maximum Gasteiger partial charge on any atom is 0.231 e. The lowest BCUT2D eigenvalue weighted by Crippen LogP contribution is -2.33. The topological polar surface area (TPSA) is 33.2 Å². The van der Waals surface area contributed by atoms with Gasteiger partial charge in [-0.2, -0.15) is 0 Å². The van der Waals surface area contributed by atoms with E-state index < -0.39 is 0 Å². The number of rotatable bonds is 3. The van der Waals surface area contributed by atoms with Gasteiger partial charge in [-0.3, -0.25) is 9.78 Å². The Hall–Kier alpha value is -1.38. The zero-order valence-corrected chi connectivity index (χ0v) is 11.9. The second-order valence-corrected chi connectivity index (χ2v) is 6.17. The number of pyridine rings is 1. The fourth-order valence-corrected chi connectivity index (χ4v) is 2.95. The van der Waals surface area contributed by atoms with Gasteiger partial charge >= 0.3 is 0 Å². The van der Waals surface area contributed by atoms with Crippen LogP contribution in [0.3, 0.4) is 0 Å². The standard InChI is InChI=1S/C15H22N2O/c1-6-17(11-8-7-9-16-10-11)13(18)12-14(2,3)15(12,4)5/h7-10,12H,6H2,1-5H3. The van der Waals surface area contributed by atoms with Gasteiger partial charge in [0.1, 0.15) is 0 Å². The van der Waals surface area contributed by atoms with Crippen LogP contribution in [0.25, 0.3) is 0 Å². The molecule has 1 aromatic heterocycles. The molecule has 1 saturated carbocycles. The molecule has 3 heteroatoms. The third kappa shape index (κ3) is 1.73. The predicted molar refractivity (Wildman–Crippen MR) is 73.3 cm³/mol. The van der Waals surface area contributed by atoms with E-state index in [1.165, 1.54) is 0 Å². The fraction of sp³-hybridized carbons (Fsp3) is 0.600. The van der Waals surface area contributed by atoms with E-state index in [0.717, 1.165) is 5.69 Å². The monoisotopic (exact) mass is 246 g/mol. The molecule has 0 spiro atoms. The van der Waals surface area contributed by atoms with Crippen molar-refractivity contribution >= 4 is 11.6 Å². The van der Waals surface area contributed by atoms with Crippen molar-refractivity contribution in [3.63, 3.8) is 0 Å². The molecule has 0 saturated heterocycles. The second kappa shape index (κ2) is 4.08. The molecule has 0 unspecified atom stereocenters. The van der Waals surface area contributed by atoms with Crippen LogP contribution in [0.15, 0.2) is 24.5 Å². The normalized spacial score (nSPS) is 20.5. The molecule has 1 heterocycles. The molecule has 0 aliphatic heterocycles. The second-order valence-electron chi connectivity index (χ2n) is 6.17. The van der Waals surface area contributed by atoms with Crippen LogP contribution >= 0.6 is 0 Å². The minimum atomic E-state index is 0.0830. The molecule has 0 N–H and O–H groups in total. The third-order valence-electron chi connectivity index (χ3n) is 4.81. The van der Waals surface area contributed by atoms with Crippen LogP contribution in [-0.4, -0.2) is 17.4 Å². The Balaban J connectivity index is 2.24. The molecular formula is C15H22N2O. The Morgan fingerprint density at radius 2 is 1.94 bits per heavy atom. The molecule has 18 heavy (non-hydrogen) atoms. The Morgan fingerprint density at radius 1 is 1.33 bits per heavy atom. The van der Waals surface area contributed by atoms with Crippen LogP contribution in [0, 0.1) is 16.7 Å². The molecule has 1 aliphatic carbocycles. The summed E-state index contributed by atoms with van der Waals surface area (Å²) in [5, 5.41) is 0. The Kier molecular flexibility index (Phi) is 2.96. The van der Waals surface area contributed by atoms with Gasteiger partial charge in [0.15, 0.2) is 0 Å². The summed E-state index contributed by atoms with van der Waals surface area (Å²) in [7, 11) is 0. The van der Waals surface area contributed by atoms with E-state index in [2.05, 4.69) is 32.7 Å². The van der Waals surface area contributed by atoms with Crippen molar-refractivity contribution in [1.82, 2.24) is 4.98 Å². The van der Waals surface area contributed by atoms with Gasteiger partial charge in [-0.15, -0.1) is 0 Å². The average molecular weight is 246 g/mol. The number of amides is 1. The zero-order valence-electron chi connectivity index (χ0n) is 11.9. The van der Waals surface area contributed by atoms with Gasteiger partial charge in [0.2, 0.25) is 5.91 Å². The van der Waals surface area contributed by atoms with E-state index in [9.17, 15) is 4.79 Å². The maximum atomic E-state index is 12.7. The van der Waals surface area contributed by atoms with E-state index in [1.54, 1.807) is 12.4 Å². The van der Waals surface area contributed by atoms with E-state index >= 15 is 0 Å². The molecule has 1 fully saturated rings. The SMILES string of the molecule is CCN(C(=O)C1C(C)(C)C1(C)C)c1cccnc1. The van der Waals surface area contributed by atoms with Crippen LogP contribution in [-0.2, 0) is 4.79 Å². The molecule has 98 valence electrons. The van der Waals surface area contributed by atoms with E-state index in [0.29, 0.717) is 6.54 Å². The van der Waals surface area contributed by atoms with Crippen LogP contribution in [0.5, 0.6) is 0 Å². The van der Waals surface area contributed by atoms with Crippen molar-refractivity contribution in [1.29, 1.82) is 0 Å². The summed E-state index contributed by atoms with van der Waals surface area (Å²) in [6.45, 7) is 11.4. The van der Waals surface area contributed by atoms with E-state index in [4.69, 9.17) is 0 Å². The van der Waals surface area contributed by atoms with Crippen LogP contribution in [0.2, 0.25) is 0 Å². The predicted octanol–water partition coefficient (Wildman–Crippen LogP) is 3.12. The molecule has 1 amide bonds. The number of aromatic nitrogens is 1. The zero-order chi connectivity index (χ0) is 13.6. The number of carbonyl (C=O) groups excluding carboxylic acids is 1. The fourth-order valence-electron chi connectivity index (χ4n) is 2.95. The van der Waals surface area contributed by atoms with Gasteiger partial charge in [0.05, 0.1) is 11.9 Å². The van der Waals surface area contributed by atoms with Gasteiger partial charge in [-0.05, 0) is 29.9 Å². The van der Waals surface area contributed by atoms with Crippen molar-refractivity contribution in [2.45, 2.75) is 34.6 Å². The average Bonchev–Trinajstić information content (AvgIpc) is 2.71. The first kappa shape index (κ1) is 13.1. The summed E-state index contributed by atoms with van der Waals surface area (Å²) in [6.07, 6.45) is 3.48. The van der Waals surface area contributed by atoms with Crippen LogP contribution in [0.1, 0.15) is 34.6 Å². The summed E-state index contributed by atoms with van der Waals surface area (Å²) < 4.78 is 0. The van der Waals surface area contributed by atoms with Crippen molar-refractivity contribution in [2.24, 2.45) is 16.7 Å². The third-order valence-corrected chi connectivity index (χ3v) is 4.81. The molecule has 0 aromatic carbocycles. The first-order valence-electron chi connectivity index (χ1n) is 6.55. The molecule has 0 bridgehead atoms. The largest absolute Gasteiger partial charge is 0.311 e. The van der Waals surface area contributed by atoms with Crippen LogP contribution < -0.4 is 4.90 Å². The smallest absolute Gasteiger partial charge is 0.231 e. The maximum absolute atomic E-state index is 12.7. The highest BCUT2D eigenvalue weighted by molar-refractivity contribution is 5.98. The summed E-state index contributed by atoms with van der Waals surface area (Å²) >= 11 is 0. The lowest BCUT2D eigenvalue weighted by molar-refractivity contribution is -0.120. The minimum Gasteiger partial charge on any atom is -0.311 e. The molecular weight excluding hydrogens is 224 g/mol. The first-order valence-corrected chi connectivity index (χ1v) is 6.55. The highest BCUT2D eigenvalue weighted by atomic mass is 16.2. The summed E-state index contributed by atoms with van der Waals surface area (Å²) in [4.78, 5) is 18.6. The van der Waals surface area contributed by atoms with Gasteiger partial charge in [0.25, 0.3) is 0 Å². The first-order chi connectivity index (χ1) is 8.34. The molecule has 0 radical (unpaired) electrons. The molecule has 1 aromatic rings. The van der Waals surface area contributed by atoms with Gasteiger partial charge in [-0.1, -0.05) is 27.7 Å². The highest BCUT2D eigenvalue weighted by Crippen LogP contribution is 2.68. The summed E-state index contributed by atoms with van der Waals surface area (Å²) in [6, 6.07) is 3.81. The lowest BCUT2D eigenvalue weighted by Gasteiger charge is -2.21. The number of anilines is 1. The van der Waals surface area contributed by atoms with Gasteiger partial charge in [0, 0.05) is 18.7 Å². The molecule has 0 atom stereocenters. The number of nitrogens with zero attached hydrogens (tertiary/aromatic N) is 2. The van der Waals surface area contributed by atoms with E-state index in [1.807, 2.05) is 24.0 Å². The lowest BCUT2D eigenvalue weighted by atomic mass is 10.0. The van der Waals surface area contributed by atoms with Crippen LogP contribution in [0.4, 0.5) is 5.69 Å². The van der Waals surface area contributed by atoms with Crippen molar-refractivity contribution < 1.29 is 4.79 Å². The summed E-state index contributed by atoms with van der Waals surface area (Å²) in [5.41, 5.74) is 1.06. The highest BCUT2D eigenvalue weighted by Gasteiger charge is 2.68. The van der Waals surface area contributed by atoms with Gasteiger partial charge in [-0.25, -0.2) is 0 Å². The Labute approximate surface area is 109 Å². The Morgan fingerprint density at radius 3 is 2.33 bits per heavy atom. The number of hydrogen-bond acceptors (Lipinski definition) is 2. The number of hydrogen-bond donors (Lipinski definition) is 0. The molecule has 3 nitrogen and oxygen atoms in total. The Bertz CT molecular complexity index is 437. The molecule has 2 rings (SSSR count). The quantitative estimate of drug-likeness (QED) is 0.821. The van der Waals surface area contributed by atoms with Crippen molar-refractivity contribution in [2.75, 3.05) is 11.4 Å². The molecule has 1 aliphatic rings. The summed E-state index contributed by atoms with van der Waals surface area (Å²) in [5.74, 6) is 0.325. The number of carbonyl (C=O) groups is 1. The van der Waals surface area contributed by atoms with E-state index in [-0.39, 0.29) is 22.7 Å². The van der Waals surface area contributed by atoms with Crippen molar-refractivity contribution in [3.05, 3.63) is 24.5 Å². The minimum absolute atomic E-state index is 0.0830. The van der Waals surface area contributed by atoms with Gasteiger partial charge < -0.3 is 4.90 Å².